The largest absolute Gasteiger partial charge is 0.366 e. The highest BCUT2D eigenvalue weighted by atomic mass is 19.2. The maximum absolute atomic E-state index is 14.1. The van der Waals surface area contributed by atoms with Crippen molar-refractivity contribution < 1.29 is 18.4 Å². The molecule has 0 fully saturated rings. The summed E-state index contributed by atoms with van der Waals surface area (Å²) in [5.74, 6) is -4.40. The number of amides is 2. The lowest BCUT2D eigenvalue weighted by Crippen LogP contribution is -2.21. The summed E-state index contributed by atoms with van der Waals surface area (Å²) in [5.41, 5.74) is 12.5. The van der Waals surface area contributed by atoms with Gasteiger partial charge in [0.15, 0.2) is 11.6 Å². The summed E-state index contributed by atoms with van der Waals surface area (Å²) in [5, 5.41) is 13.7. The van der Waals surface area contributed by atoms with Crippen molar-refractivity contribution in [2.24, 2.45) is 11.5 Å². The molecule has 3 heterocycles. The number of pyridine rings is 2. The lowest BCUT2D eigenvalue weighted by molar-refractivity contribution is 0.0996. The van der Waals surface area contributed by atoms with Crippen LogP contribution in [0, 0.1) is 36.8 Å². The second kappa shape index (κ2) is 8.32. The van der Waals surface area contributed by atoms with Crippen LogP contribution in [-0.2, 0) is 6.54 Å². The fourth-order valence-corrected chi connectivity index (χ4v) is 3.96. The van der Waals surface area contributed by atoms with E-state index in [1.54, 1.807) is 36.9 Å². The van der Waals surface area contributed by atoms with Crippen molar-refractivity contribution in [3.8, 4) is 17.2 Å². The molecule has 4 N–H and O–H groups in total. The Bertz CT molecular complexity index is 1550. The number of primary amides is 2. The molecule has 9 nitrogen and oxygen atoms in total. The number of fused-ring (bicyclic) bond motifs is 1. The third kappa shape index (κ3) is 3.61. The van der Waals surface area contributed by atoms with Gasteiger partial charge in [0.1, 0.15) is 11.8 Å². The molecule has 0 aliphatic rings. The predicted molar refractivity (Wildman–Crippen MR) is 117 cm³/mol. The van der Waals surface area contributed by atoms with Crippen LogP contribution >= 0.6 is 0 Å². The van der Waals surface area contributed by atoms with Crippen molar-refractivity contribution in [1.82, 2.24) is 19.7 Å². The molecular weight excluding hydrogens is 444 g/mol. The second-order valence-electron chi connectivity index (χ2n) is 7.54. The number of carbonyl (C=O) groups excluding carboxylic acids is 2. The van der Waals surface area contributed by atoms with Crippen LogP contribution in [0.15, 0.2) is 30.5 Å². The Morgan fingerprint density at radius 3 is 2.47 bits per heavy atom. The molecule has 11 heteroatoms. The molecule has 0 spiro atoms. The molecule has 0 unspecified atom stereocenters. The summed E-state index contributed by atoms with van der Waals surface area (Å²) in [6, 6.07) is 6.88. The zero-order chi connectivity index (χ0) is 24.7. The smallest absolute Gasteiger partial charge is 0.267 e. The van der Waals surface area contributed by atoms with E-state index in [4.69, 9.17) is 11.5 Å². The van der Waals surface area contributed by atoms with E-state index in [1.165, 1.54) is 0 Å². The summed E-state index contributed by atoms with van der Waals surface area (Å²) < 4.78 is 29.5. The third-order valence-corrected chi connectivity index (χ3v) is 5.45. The van der Waals surface area contributed by atoms with Crippen LogP contribution in [-0.4, -0.2) is 31.6 Å². The number of rotatable bonds is 5. The Kier molecular flexibility index (Phi) is 5.50. The Labute approximate surface area is 191 Å². The number of nitriles is 1. The van der Waals surface area contributed by atoms with E-state index in [-0.39, 0.29) is 34.3 Å². The quantitative estimate of drug-likeness (QED) is 0.465. The number of halogens is 2. The molecule has 3 aromatic heterocycles. The summed E-state index contributed by atoms with van der Waals surface area (Å²) in [4.78, 5) is 33.2. The van der Waals surface area contributed by atoms with Crippen LogP contribution in [0.25, 0.3) is 22.0 Å². The minimum atomic E-state index is -1.21. The number of nitrogens with zero attached hydrogens (tertiary/aromatic N) is 5. The number of nitrogens with two attached hydrogens (primary N) is 2. The number of carbonyl (C=O) groups is 2. The van der Waals surface area contributed by atoms with Crippen LogP contribution in [0.1, 0.15) is 43.5 Å². The maximum atomic E-state index is 14.1. The number of aromatic nitrogens is 4. The number of aryl methyl sites for hydroxylation is 1. The summed E-state index contributed by atoms with van der Waals surface area (Å²) in [7, 11) is 0. The number of hydrogen-bond acceptors (Lipinski definition) is 6. The fourth-order valence-electron chi connectivity index (χ4n) is 3.96. The van der Waals surface area contributed by atoms with Crippen LogP contribution in [0.3, 0.4) is 0 Å². The number of benzene rings is 1. The topological polar surface area (TPSA) is 154 Å². The van der Waals surface area contributed by atoms with Gasteiger partial charge >= 0.3 is 0 Å². The molecule has 0 atom stereocenters. The highest BCUT2D eigenvalue weighted by Gasteiger charge is 2.28. The van der Waals surface area contributed by atoms with E-state index >= 15 is 0 Å². The van der Waals surface area contributed by atoms with Gasteiger partial charge in [0, 0.05) is 34.5 Å². The highest BCUT2D eigenvalue weighted by Crippen LogP contribution is 2.36. The van der Waals surface area contributed by atoms with Gasteiger partial charge in [-0.3, -0.25) is 19.3 Å². The molecule has 0 saturated heterocycles. The minimum absolute atomic E-state index is 0.0266. The highest BCUT2D eigenvalue weighted by molar-refractivity contribution is 6.15. The van der Waals surface area contributed by atoms with Crippen LogP contribution < -0.4 is 11.5 Å². The standard InChI is InChI=1S/C23H17F2N7O2/c1-10-18(11(2)32(31-10)9-17-12(8-26)4-3-5-29-17)20-19(22(27)33)13-6-14(24)15(25)7-16(13)30-21(20)23(28)34/h3-7H,9H2,1-2H3,(H2,27,33)(H2,28,34). The molecule has 0 radical (unpaired) electrons. The van der Waals surface area contributed by atoms with E-state index in [0.717, 1.165) is 12.1 Å². The van der Waals surface area contributed by atoms with Crippen molar-refractivity contribution in [2.75, 3.05) is 0 Å². The van der Waals surface area contributed by atoms with Gasteiger partial charge in [-0.1, -0.05) is 0 Å². The summed E-state index contributed by atoms with van der Waals surface area (Å²) in [6.45, 7) is 3.43. The van der Waals surface area contributed by atoms with Crippen molar-refractivity contribution >= 4 is 22.7 Å². The first kappa shape index (κ1) is 22.5. The first-order valence-corrected chi connectivity index (χ1v) is 9.94. The zero-order valence-electron chi connectivity index (χ0n) is 18.1. The molecule has 2 amide bonds. The van der Waals surface area contributed by atoms with E-state index in [1.807, 2.05) is 0 Å². The van der Waals surface area contributed by atoms with Crippen molar-refractivity contribution in [3.63, 3.8) is 0 Å². The molecule has 0 aliphatic heterocycles. The lowest BCUT2D eigenvalue weighted by Gasteiger charge is -2.15. The average molecular weight is 461 g/mol. The van der Waals surface area contributed by atoms with Crippen LogP contribution in [0.4, 0.5) is 8.78 Å². The van der Waals surface area contributed by atoms with Gasteiger partial charge in [-0.15, -0.1) is 0 Å². The van der Waals surface area contributed by atoms with Gasteiger partial charge in [0.05, 0.1) is 34.6 Å². The van der Waals surface area contributed by atoms with Crippen molar-refractivity contribution in [3.05, 3.63) is 76.0 Å². The van der Waals surface area contributed by atoms with Gasteiger partial charge < -0.3 is 11.5 Å². The Hall–Kier alpha value is -4.72. The van der Waals surface area contributed by atoms with Gasteiger partial charge in [-0.2, -0.15) is 10.4 Å². The molecule has 4 aromatic rings. The molecule has 170 valence electrons. The Morgan fingerprint density at radius 2 is 1.82 bits per heavy atom. The summed E-state index contributed by atoms with van der Waals surface area (Å²) >= 11 is 0. The van der Waals surface area contributed by atoms with E-state index < -0.39 is 23.4 Å². The molecule has 4 rings (SSSR count). The SMILES string of the molecule is Cc1nn(Cc2ncccc2C#N)c(C)c1-c1c(C(N)=O)nc2cc(F)c(F)cc2c1C(N)=O. The van der Waals surface area contributed by atoms with Crippen molar-refractivity contribution in [1.29, 1.82) is 5.26 Å². The monoisotopic (exact) mass is 461 g/mol. The summed E-state index contributed by atoms with van der Waals surface area (Å²) in [6.07, 6.45) is 1.54. The van der Waals surface area contributed by atoms with Gasteiger partial charge in [0.2, 0.25) is 5.91 Å². The Balaban J connectivity index is 2.04. The van der Waals surface area contributed by atoms with Gasteiger partial charge in [-0.05, 0) is 32.0 Å². The first-order valence-electron chi connectivity index (χ1n) is 9.94. The van der Waals surface area contributed by atoms with E-state index in [0.29, 0.717) is 28.2 Å². The maximum Gasteiger partial charge on any atom is 0.267 e. The predicted octanol–water partition coefficient (Wildman–Crippen LogP) is 2.51. The first-order chi connectivity index (χ1) is 16.1. The number of hydrogen-bond donors (Lipinski definition) is 2. The lowest BCUT2D eigenvalue weighted by atomic mass is 9.92. The van der Waals surface area contributed by atoms with Crippen LogP contribution in [0.2, 0.25) is 0 Å². The fraction of sp³-hybridized carbons (Fsp3) is 0.130. The molecule has 0 saturated carbocycles. The third-order valence-electron chi connectivity index (χ3n) is 5.45. The zero-order valence-corrected chi connectivity index (χ0v) is 18.1. The second-order valence-corrected chi connectivity index (χ2v) is 7.54. The molecule has 34 heavy (non-hydrogen) atoms. The van der Waals surface area contributed by atoms with Crippen molar-refractivity contribution in [2.45, 2.75) is 20.4 Å². The van der Waals surface area contributed by atoms with Gasteiger partial charge in [-0.25, -0.2) is 13.8 Å². The van der Waals surface area contributed by atoms with Gasteiger partial charge in [0.25, 0.3) is 5.91 Å². The minimum Gasteiger partial charge on any atom is -0.366 e. The molecule has 1 aromatic carbocycles. The Morgan fingerprint density at radius 1 is 1.12 bits per heavy atom. The van der Waals surface area contributed by atoms with E-state index in [2.05, 4.69) is 21.1 Å². The average Bonchev–Trinajstić information content (AvgIpc) is 3.06. The molecular formula is C23H17F2N7O2. The molecule has 0 aliphatic carbocycles. The van der Waals surface area contributed by atoms with Crippen LogP contribution in [0.5, 0.6) is 0 Å². The molecule has 0 bridgehead atoms. The van der Waals surface area contributed by atoms with E-state index in [9.17, 15) is 23.6 Å². The normalized spacial score (nSPS) is 10.9.